The van der Waals surface area contributed by atoms with E-state index in [9.17, 15) is 0 Å². The molecule has 1 N–H and O–H groups in total. The van der Waals surface area contributed by atoms with Crippen LogP contribution in [0.3, 0.4) is 0 Å². The molecule has 21 heavy (non-hydrogen) atoms. The van der Waals surface area contributed by atoms with Crippen LogP contribution in [0.2, 0.25) is 0 Å². The third kappa shape index (κ3) is 5.21. The molecule has 0 spiro atoms. The largest absolute Gasteiger partial charge is 0.457 e. The van der Waals surface area contributed by atoms with Crippen LogP contribution in [0.5, 0.6) is 11.5 Å². The van der Waals surface area contributed by atoms with Crippen molar-refractivity contribution in [1.82, 2.24) is 10.2 Å². The van der Waals surface area contributed by atoms with Gasteiger partial charge in [0.25, 0.3) is 0 Å². The Morgan fingerprint density at radius 1 is 1.00 bits per heavy atom. The van der Waals surface area contributed by atoms with Crippen molar-refractivity contribution in [2.45, 2.75) is 19.5 Å². The summed E-state index contributed by atoms with van der Waals surface area (Å²) in [5.41, 5.74) is 1.23. The Bertz CT molecular complexity index is 540. The first-order valence-electron chi connectivity index (χ1n) is 7.34. The molecule has 1 atom stereocenters. The minimum atomic E-state index is 0.522. The first-order valence-corrected chi connectivity index (χ1v) is 7.34. The average Bonchev–Trinajstić information content (AvgIpc) is 2.48. The molecule has 2 aromatic carbocycles. The summed E-state index contributed by atoms with van der Waals surface area (Å²) in [5, 5.41) is 3.48. The van der Waals surface area contributed by atoms with Crippen LogP contribution in [0.4, 0.5) is 0 Å². The maximum absolute atomic E-state index is 5.85. The number of nitrogens with zero attached hydrogens (tertiary/aromatic N) is 1. The molecular weight excluding hydrogens is 260 g/mol. The van der Waals surface area contributed by atoms with Gasteiger partial charge >= 0.3 is 0 Å². The summed E-state index contributed by atoms with van der Waals surface area (Å²) in [7, 11) is 4.20. The fourth-order valence-electron chi connectivity index (χ4n) is 1.95. The molecule has 0 radical (unpaired) electrons. The maximum Gasteiger partial charge on any atom is 0.127 e. The monoisotopic (exact) mass is 284 g/mol. The fraction of sp³-hybridized carbons (Fsp3) is 0.333. The molecule has 0 heterocycles. The Hall–Kier alpha value is -1.84. The van der Waals surface area contributed by atoms with Gasteiger partial charge in [-0.05, 0) is 50.8 Å². The third-order valence-electron chi connectivity index (χ3n) is 3.53. The molecule has 0 aliphatic rings. The Labute approximate surface area is 127 Å². The summed E-state index contributed by atoms with van der Waals surface area (Å²) in [5.74, 6) is 1.74. The summed E-state index contributed by atoms with van der Waals surface area (Å²) >= 11 is 0. The quantitative estimate of drug-likeness (QED) is 0.842. The van der Waals surface area contributed by atoms with Crippen molar-refractivity contribution in [2.24, 2.45) is 0 Å². The molecule has 0 fully saturated rings. The second-order valence-electron chi connectivity index (χ2n) is 5.51. The van der Waals surface area contributed by atoms with E-state index in [-0.39, 0.29) is 0 Å². The van der Waals surface area contributed by atoms with Gasteiger partial charge in [0, 0.05) is 19.1 Å². The molecule has 0 amide bonds. The van der Waals surface area contributed by atoms with E-state index in [0.29, 0.717) is 6.04 Å². The van der Waals surface area contributed by atoms with Crippen LogP contribution in [0.25, 0.3) is 0 Å². The highest BCUT2D eigenvalue weighted by atomic mass is 16.5. The summed E-state index contributed by atoms with van der Waals surface area (Å²) in [6.07, 6.45) is 0. The highest BCUT2D eigenvalue weighted by molar-refractivity contribution is 5.33. The fourth-order valence-corrected chi connectivity index (χ4v) is 1.95. The van der Waals surface area contributed by atoms with Gasteiger partial charge in [-0.2, -0.15) is 0 Å². The normalized spacial score (nSPS) is 12.4. The van der Waals surface area contributed by atoms with Crippen molar-refractivity contribution in [3.8, 4) is 11.5 Å². The Morgan fingerprint density at radius 3 is 2.43 bits per heavy atom. The van der Waals surface area contributed by atoms with E-state index in [4.69, 9.17) is 4.74 Å². The van der Waals surface area contributed by atoms with Crippen LogP contribution < -0.4 is 10.1 Å². The Balaban J connectivity index is 1.89. The first kappa shape index (κ1) is 15.5. The van der Waals surface area contributed by atoms with Crippen LogP contribution >= 0.6 is 0 Å². The number of nitrogens with one attached hydrogen (secondary N) is 1. The average molecular weight is 284 g/mol. The molecular formula is C18H24N2O. The van der Waals surface area contributed by atoms with E-state index in [0.717, 1.165) is 24.6 Å². The van der Waals surface area contributed by atoms with E-state index in [2.05, 4.69) is 43.4 Å². The first-order chi connectivity index (χ1) is 10.1. The molecule has 1 unspecified atom stereocenters. The number of rotatable bonds is 7. The molecule has 3 heteroatoms. The highest BCUT2D eigenvalue weighted by Crippen LogP contribution is 2.21. The highest BCUT2D eigenvalue weighted by Gasteiger charge is 2.04. The lowest BCUT2D eigenvalue weighted by molar-refractivity contribution is 0.302. The van der Waals surface area contributed by atoms with E-state index >= 15 is 0 Å². The summed E-state index contributed by atoms with van der Waals surface area (Å²) in [6.45, 7) is 4.03. The van der Waals surface area contributed by atoms with Crippen molar-refractivity contribution in [3.63, 3.8) is 0 Å². The van der Waals surface area contributed by atoms with Crippen molar-refractivity contribution in [3.05, 3.63) is 60.2 Å². The number of hydrogen-bond donors (Lipinski definition) is 1. The third-order valence-corrected chi connectivity index (χ3v) is 3.53. The van der Waals surface area contributed by atoms with Crippen LogP contribution in [-0.4, -0.2) is 31.6 Å². The summed E-state index contributed by atoms with van der Waals surface area (Å²) in [4.78, 5) is 2.21. The van der Waals surface area contributed by atoms with Crippen molar-refractivity contribution >= 4 is 0 Å². The van der Waals surface area contributed by atoms with Gasteiger partial charge in [-0.3, -0.25) is 0 Å². The lowest BCUT2D eigenvalue weighted by Gasteiger charge is -2.20. The molecule has 0 aliphatic carbocycles. The van der Waals surface area contributed by atoms with Gasteiger partial charge in [0.15, 0.2) is 0 Å². The topological polar surface area (TPSA) is 24.5 Å². The lowest BCUT2D eigenvalue weighted by Crippen LogP contribution is -2.35. The van der Waals surface area contributed by atoms with Gasteiger partial charge in [-0.25, -0.2) is 0 Å². The predicted octanol–water partition coefficient (Wildman–Crippen LogP) is 3.52. The van der Waals surface area contributed by atoms with Gasteiger partial charge < -0.3 is 15.0 Å². The van der Waals surface area contributed by atoms with Crippen molar-refractivity contribution < 1.29 is 4.74 Å². The Morgan fingerprint density at radius 2 is 1.71 bits per heavy atom. The van der Waals surface area contributed by atoms with Crippen molar-refractivity contribution in [2.75, 3.05) is 20.6 Å². The molecule has 0 aliphatic heterocycles. The predicted molar refractivity (Wildman–Crippen MR) is 87.8 cm³/mol. The summed E-state index contributed by atoms with van der Waals surface area (Å²) in [6, 6.07) is 18.6. The van der Waals surface area contributed by atoms with E-state index < -0.39 is 0 Å². The smallest absolute Gasteiger partial charge is 0.127 e. The van der Waals surface area contributed by atoms with Gasteiger partial charge in [-0.1, -0.05) is 30.3 Å². The molecule has 0 saturated carbocycles. The Kier molecular flexibility index (Phi) is 5.78. The van der Waals surface area contributed by atoms with Gasteiger partial charge in [0.05, 0.1) is 0 Å². The van der Waals surface area contributed by atoms with Crippen LogP contribution in [0, 0.1) is 0 Å². The molecule has 2 aromatic rings. The minimum absolute atomic E-state index is 0.522. The van der Waals surface area contributed by atoms with E-state index in [1.165, 1.54) is 5.56 Å². The minimum Gasteiger partial charge on any atom is -0.457 e. The molecule has 112 valence electrons. The molecule has 3 nitrogen and oxygen atoms in total. The standard InChI is InChI=1S/C18H24N2O/c1-15(20(2)3)13-19-14-16-8-7-11-18(12-16)21-17-9-5-4-6-10-17/h4-12,15,19H,13-14H2,1-3H3. The second-order valence-corrected chi connectivity index (χ2v) is 5.51. The number of likely N-dealkylation sites (N-methyl/N-ethyl adjacent to an activating group) is 1. The van der Waals surface area contributed by atoms with E-state index in [1.807, 2.05) is 42.5 Å². The lowest BCUT2D eigenvalue weighted by atomic mass is 10.2. The second kappa shape index (κ2) is 7.81. The number of para-hydroxylation sites is 1. The number of hydrogen-bond acceptors (Lipinski definition) is 3. The van der Waals surface area contributed by atoms with E-state index in [1.54, 1.807) is 0 Å². The zero-order valence-electron chi connectivity index (χ0n) is 13.0. The number of benzene rings is 2. The van der Waals surface area contributed by atoms with Crippen LogP contribution in [-0.2, 0) is 6.54 Å². The van der Waals surface area contributed by atoms with Gasteiger partial charge in [0.1, 0.15) is 11.5 Å². The van der Waals surface area contributed by atoms with Gasteiger partial charge in [0.2, 0.25) is 0 Å². The molecule has 2 rings (SSSR count). The van der Waals surface area contributed by atoms with Crippen LogP contribution in [0.1, 0.15) is 12.5 Å². The SMILES string of the molecule is CC(CNCc1cccc(Oc2ccccc2)c1)N(C)C. The molecule has 0 saturated heterocycles. The van der Waals surface area contributed by atoms with Gasteiger partial charge in [-0.15, -0.1) is 0 Å². The summed E-state index contributed by atoms with van der Waals surface area (Å²) < 4.78 is 5.85. The van der Waals surface area contributed by atoms with Crippen molar-refractivity contribution in [1.29, 1.82) is 0 Å². The number of ether oxygens (including phenoxy) is 1. The molecule has 0 bridgehead atoms. The zero-order valence-corrected chi connectivity index (χ0v) is 13.0. The maximum atomic E-state index is 5.85. The van der Waals surface area contributed by atoms with Crippen LogP contribution in [0.15, 0.2) is 54.6 Å². The zero-order chi connectivity index (χ0) is 15.1. The molecule has 0 aromatic heterocycles.